The Bertz CT molecular complexity index is 589. The van der Waals surface area contributed by atoms with Gasteiger partial charge in [0.2, 0.25) is 5.95 Å². The fourth-order valence-corrected chi connectivity index (χ4v) is 2.53. The van der Waals surface area contributed by atoms with Crippen LogP contribution in [0.5, 0.6) is 0 Å². The van der Waals surface area contributed by atoms with Gasteiger partial charge in [-0.05, 0) is 25.7 Å². The number of anilines is 2. The number of aromatic amines is 1. The maximum absolute atomic E-state index is 4.77. The van der Waals surface area contributed by atoms with Crippen molar-refractivity contribution in [2.45, 2.75) is 52.0 Å². The van der Waals surface area contributed by atoms with E-state index in [0.717, 1.165) is 36.4 Å². The van der Waals surface area contributed by atoms with Gasteiger partial charge in [-0.2, -0.15) is 15.1 Å². The lowest BCUT2D eigenvalue weighted by Gasteiger charge is -2.24. The van der Waals surface area contributed by atoms with E-state index in [-0.39, 0.29) is 0 Å². The van der Waals surface area contributed by atoms with Crippen molar-refractivity contribution in [3.8, 4) is 0 Å². The van der Waals surface area contributed by atoms with Crippen LogP contribution in [0.4, 0.5) is 11.8 Å². The Kier molecular flexibility index (Phi) is 4.22. The molecule has 0 spiro atoms. The van der Waals surface area contributed by atoms with Gasteiger partial charge in [0.25, 0.3) is 0 Å². The fraction of sp³-hybridized carbons (Fsp3) is 0.667. The second kappa shape index (κ2) is 6.28. The number of nitrogens with zero attached hydrogens (tertiary/aromatic N) is 4. The van der Waals surface area contributed by atoms with E-state index in [1.165, 1.54) is 25.7 Å². The van der Waals surface area contributed by atoms with E-state index in [1.807, 2.05) is 6.20 Å². The number of aromatic nitrogens is 4. The van der Waals surface area contributed by atoms with Gasteiger partial charge in [0.05, 0.1) is 11.6 Å². The van der Waals surface area contributed by atoms with Crippen molar-refractivity contribution in [2.24, 2.45) is 0 Å². The Balaban J connectivity index is 1.95. The smallest absolute Gasteiger partial charge is 0.226 e. The summed E-state index contributed by atoms with van der Waals surface area (Å²) in [7, 11) is 0. The third-order valence-electron chi connectivity index (χ3n) is 3.84. The molecule has 2 aromatic heterocycles. The molecule has 1 saturated carbocycles. The Morgan fingerprint density at radius 3 is 2.86 bits per heavy atom. The molecule has 0 atom stereocenters. The summed E-state index contributed by atoms with van der Waals surface area (Å²) >= 11 is 0. The molecule has 2 aromatic rings. The Morgan fingerprint density at radius 2 is 2.14 bits per heavy atom. The number of rotatable bonds is 8. The lowest BCUT2D eigenvalue weighted by Crippen LogP contribution is -2.28. The molecule has 0 radical (unpaired) electrons. The molecule has 1 aliphatic rings. The summed E-state index contributed by atoms with van der Waals surface area (Å²) in [6, 6.07) is 0.642. The first-order valence-corrected chi connectivity index (χ1v) is 8.05. The summed E-state index contributed by atoms with van der Waals surface area (Å²) in [6.07, 6.45) is 7.83. The van der Waals surface area contributed by atoms with E-state index in [9.17, 15) is 0 Å². The number of H-pyrrole nitrogens is 1. The minimum Gasteiger partial charge on any atom is -0.354 e. The predicted octanol–water partition coefficient (Wildman–Crippen LogP) is 2.94. The number of hydrogen-bond donors (Lipinski definition) is 2. The molecule has 0 aromatic carbocycles. The largest absolute Gasteiger partial charge is 0.354 e. The Hall–Kier alpha value is -1.85. The third kappa shape index (κ3) is 3.09. The third-order valence-corrected chi connectivity index (χ3v) is 3.84. The van der Waals surface area contributed by atoms with Gasteiger partial charge in [-0.15, -0.1) is 0 Å². The zero-order valence-corrected chi connectivity index (χ0v) is 12.9. The van der Waals surface area contributed by atoms with E-state index in [1.54, 1.807) is 0 Å². The molecule has 6 heteroatoms. The van der Waals surface area contributed by atoms with Crippen LogP contribution < -0.4 is 10.2 Å². The predicted molar refractivity (Wildman–Crippen MR) is 85.7 cm³/mol. The van der Waals surface area contributed by atoms with Gasteiger partial charge in [-0.3, -0.25) is 5.10 Å². The Morgan fingerprint density at radius 1 is 1.29 bits per heavy atom. The molecule has 6 nitrogen and oxygen atoms in total. The number of hydrogen-bond acceptors (Lipinski definition) is 5. The average molecular weight is 288 g/mol. The molecule has 0 bridgehead atoms. The zero-order chi connectivity index (χ0) is 14.7. The van der Waals surface area contributed by atoms with E-state index in [2.05, 4.69) is 39.2 Å². The van der Waals surface area contributed by atoms with Crippen molar-refractivity contribution < 1.29 is 0 Å². The molecule has 2 N–H and O–H groups in total. The monoisotopic (exact) mass is 288 g/mol. The summed E-state index contributed by atoms with van der Waals surface area (Å²) in [4.78, 5) is 11.7. The summed E-state index contributed by atoms with van der Waals surface area (Å²) in [5.41, 5.74) is 0.820. The van der Waals surface area contributed by atoms with Gasteiger partial charge in [-0.1, -0.05) is 20.3 Å². The van der Waals surface area contributed by atoms with Gasteiger partial charge in [-0.25, -0.2) is 0 Å². The lowest BCUT2D eigenvalue weighted by atomic mass is 10.3. The molecule has 21 heavy (non-hydrogen) atoms. The quantitative estimate of drug-likeness (QED) is 0.781. The van der Waals surface area contributed by atoms with Crippen LogP contribution in [0, 0.1) is 0 Å². The fourth-order valence-electron chi connectivity index (χ4n) is 2.53. The maximum Gasteiger partial charge on any atom is 0.226 e. The van der Waals surface area contributed by atoms with Crippen molar-refractivity contribution in [3.05, 3.63) is 6.20 Å². The summed E-state index contributed by atoms with van der Waals surface area (Å²) in [5, 5.41) is 11.4. The highest BCUT2D eigenvalue weighted by Crippen LogP contribution is 2.34. The highest BCUT2D eigenvalue weighted by Gasteiger charge is 2.31. The van der Waals surface area contributed by atoms with Crippen LogP contribution in [0.25, 0.3) is 11.0 Å². The molecular formula is C15H24N6. The van der Waals surface area contributed by atoms with E-state index in [4.69, 9.17) is 4.98 Å². The topological polar surface area (TPSA) is 69.7 Å². The van der Waals surface area contributed by atoms with Crippen molar-refractivity contribution in [2.75, 3.05) is 23.3 Å². The second-order valence-electron chi connectivity index (χ2n) is 5.71. The van der Waals surface area contributed by atoms with Crippen LogP contribution in [-0.2, 0) is 0 Å². The zero-order valence-electron chi connectivity index (χ0n) is 12.9. The minimum absolute atomic E-state index is 0.642. The highest BCUT2D eigenvalue weighted by molar-refractivity contribution is 5.87. The van der Waals surface area contributed by atoms with Gasteiger partial charge < -0.3 is 10.2 Å². The van der Waals surface area contributed by atoms with E-state index >= 15 is 0 Å². The summed E-state index contributed by atoms with van der Waals surface area (Å²) in [6.45, 7) is 6.32. The van der Waals surface area contributed by atoms with Crippen LogP contribution >= 0.6 is 0 Å². The first-order chi connectivity index (χ1) is 10.3. The average Bonchev–Trinajstić information content (AvgIpc) is 3.22. The van der Waals surface area contributed by atoms with E-state index < -0.39 is 0 Å². The summed E-state index contributed by atoms with van der Waals surface area (Å²) in [5.74, 6) is 1.73. The van der Waals surface area contributed by atoms with Crippen LogP contribution in [0.3, 0.4) is 0 Å². The molecule has 0 unspecified atom stereocenters. The summed E-state index contributed by atoms with van der Waals surface area (Å²) < 4.78 is 0. The van der Waals surface area contributed by atoms with Crippen molar-refractivity contribution >= 4 is 22.8 Å². The van der Waals surface area contributed by atoms with Crippen molar-refractivity contribution in [1.29, 1.82) is 0 Å². The first kappa shape index (κ1) is 14.1. The van der Waals surface area contributed by atoms with Crippen LogP contribution in [-0.4, -0.2) is 39.3 Å². The van der Waals surface area contributed by atoms with Crippen LogP contribution in [0.1, 0.15) is 46.0 Å². The SMILES string of the molecule is CCCCN(c1nc(NCCC)nc2[nH]ncc12)C1CC1. The lowest BCUT2D eigenvalue weighted by molar-refractivity contribution is 0.706. The number of unbranched alkanes of at least 4 members (excludes halogenated alkanes) is 1. The van der Waals surface area contributed by atoms with Crippen molar-refractivity contribution in [3.63, 3.8) is 0 Å². The van der Waals surface area contributed by atoms with Gasteiger partial charge in [0.1, 0.15) is 5.82 Å². The second-order valence-corrected chi connectivity index (χ2v) is 5.71. The highest BCUT2D eigenvalue weighted by atomic mass is 15.3. The standard InChI is InChI=1S/C15H24N6/c1-3-5-9-21(11-6-7-11)14-12-10-17-20-13(12)18-15(19-14)16-8-4-2/h10-11H,3-9H2,1-2H3,(H2,16,17,18,19,20). The molecule has 0 saturated heterocycles. The normalized spacial score (nSPS) is 14.6. The maximum atomic E-state index is 4.77. The first-order valence-electron chi connectivity index (χ1n) is 8.05. The molecule has 2 heterocycles. The van der Waals surface area contributed by atoms with Gasteiger partial charge in [0.15, 0.2) is 5.65 Å². The minimum atomic E-state index is 0.642. The van der Waals surface area contributed by atoms with Crippen molar-refractivity contribution in [1.82, 2.24) is 20.2 Å². The molecular weight excluding hydrogens is 264 g/mol. The molecule has 0 amide bonds. The number of nitrogens with one attached hydrogen (secondary N) is 2. The van der Waals surface area contributed by atoms with Gasteiger partial charge >= 0.3 is 0 Å². The Labute approximate surface area is 125 Å². The molecule has 114 valence electrons. The molecule has 1 aliphatic carbocycles. The molecule has 0 aliphatic heterocycles. The van der Waals surface area contributed by atoms with Crippen LogP contribution in [0.15, 0.2) is 6.20 Å². The molecule has 3 rings (SSSR count). The number of fused-ring (bicyclic) bond motifs is 1. The molecule has 1 fully saturated rings. The van der Waals surface area contributed by atoms with E-state index in [0.29, 0.717) is 12.0 Å². The van der Waals surface area contributed by atoms with Gasteiger partial charge in [0, 0.05) is 19.1 Å². The van der Waals surface area contributed by atoms with Crippen LogP contribution in [0.2, 0.25) is 0 Å².